The first kappa shape index (κ1) is 15.3. The SMILES string of the molecule is CC(C)(C)CC(O)CNc1ccc(C#N)c2ccccc12. The number of hydrogen-bond acceptors (Lipinski definition) is 3. The van der Waals surface area contributed by atoms with Crippen molar-refractivity contribution in [3.63, 3.8) is 0 Å². The standard InChI is InChI=1S/C18H22N2O/c1-18(2,3)10-14(21)12-20-17-9-8-13(11-19)15-6-4-5-7-16(15)17/h4-9,14,20-21H,10,12H2,1-3H3. The van der Waals surface area contributed by atoms with Gasteiger partial charge in [0, 0.05) is 23.0 Å². The largest absolute Gasteiger partial charge is 0.391 e. The van der Waals surface area contributed by atoms with Crippen molar-refractivity contribution in [1.82, 2.24) is 0 Å². The van der Waals surface area contributed by atoms with E-state index in [0.29, 0.717) is 12.1 Å². The molecule has 0 bridgehead atoms. The average Bonchev–Trinajstić information content (AvgIpc) is 2.42. The van der Waals surface area contributed by atoms with E-state index < -0.39 is 0 Å². The molecule has 21 heavy (non-hydrogen) atoms. The summed E-state index contributed by atoms with van der Waals surface area (Å²) in [6.45, 7) is 6.86. The van der Waals surface area contributed by atoms with Gasteiger partial charge in [0.2, 0.25) is 0 Å². The Morgan fingerprint density at radius 1 is 1.14 bits per heavy atom. The Morgan fingerprint density at radius 2 is 1.81 bits per heavy atom. The van der Waals surface area contributed by atoms with E-state index >= 15 is 0 Å². The van der Waals surface area contributed by atoms with E-state index in [2.05, 4.69) is 32.2 Å². The summed E-state index contributed by atoms with van der Waals surface area (Å²) in [5, 5.41) is 24.5. The molecular weight excluding hydrogens is 260 g/mol. The predicted octanol–water partition coefficient (Wildman–Crippen LogP) is 3.92. The van der Waals surface area contributed by atoms with Crippen LogP contribution in [0.5, 0.6) is 0 Å². The molecular formula is C18H22N2O. The molecule has 0 aliphatic heterocycles. The van der Waals surface area contributed by atoms with Gasteiger partial charge in [-0.15, -0.1) is 0 Å². The highest BCUT2D eigenvalue weighted by molar-refractivity contribution is 5.97. The molecule has 0 heterocycles. The molecule has 0 saturated carbocycles. The summed E-state index contributed by atoms with van der Waals surface area (Å²) in [6, 6.07) is 13.8. The molecule has 0 amide bonds. The Morgan fingerprint density at radius 3 is 2.43 bits per heavy atom. The molecule has 3 heteroatoms. The molecule has 1 unspecified atom stereocenters. The van der Waals surface area contributed by atoms with Crippen molar-refractivity contribution in [1.29, 1.82) is 5.26 Å². The Bertz CT molecular complexity index is 665. The third-order valence-corrected chi connectivity index (χ3v) is 3.42. The van der Waals surface area contributed by atoms with Crippen molar-refractivity contribution in [2.24, 2.45) is 5.41 Å². The molecule has 0 saturated heterocycles. The van der Waals surface area contributed by atoms with Crippen LogP contribution >= 0.6 is 0 Å². The third-order valence-electron chi connectivity index (χ3n) is 3.42. The fourth-order valence-corrected chi connectivity index (χ4v) is 2.56. The summed E-state index contributed by atoms with van der Waals surface area (Å²) < 4.78 is 0. The number of benzene rings is 2. The van der Waals surface area contributed by atoms with Crippen molar-refractivity contribution in [3.8, 4) is 6.07 Å². The van der Waals surface area contributed by atoms with E-state index in [1.807, 2.05) is 36.4 Å². The van der Waals surface area contributed by atoms with Gasteiger partial charge in [0.15, 0.2) is 0 Å². The number of fused-ring (bicyclic) bond motifs is 1. The normalized spacial score (nSPS) is 12.9. The van der Waals surface area contributed by atoms with Crippen LogP contribution < -0.4 is 5.32 Å². The molecule has 0 fully saturated rings. The van der Waals surface area contributed by atoms with Crippen molar-refractivity contribution in [3.05, 3.63) is 42.0 Å². The number of nitrogens with zero attached hydrogens (tertiary/aromatic N) is 1. The van der Waals surface area contributed by atoms with Crippen LogP contribution in [0.2, 0.25) is 0 Å². The molecule has 0 aliphatic rings. The van der Waals surface area contributed by atoms with Gasteiger partial charge >= 0.3 is 0 Å². The van der Waals surface area contributed by atoms with Crippen LogP contribution in [0.3, 0.4) is 0 Å². The molecule has 2 N–H and O–H groups in total. The lowest BCUT2D eigenvalue weighted by atomic mass is 9.89. The summed E-state index contributed by atoms with van der Waals surface area (Å²) in [6.07, 6.45) is 0.355. The number of aliphatic hydroxyl groups excluding tert-OH is 1. The maximum absolute atomic E-state index is 10.1. The summed E-state index contributed by atoms with van der Waals surface area (Å²) in [7, 11) is 0. The number of aliphatic hydroxyl groups is 1. The quantitative estimate of drug-likeness (QED) is 0.893. The Balaban J connectivity index is 2.19. The lowest BCUT2D eigenvalue weighted by Gasteiger charge is -2.23. The van der Waals surface area contributed by atoms with Crippen LogP contribution in [0.4, 0.5) is 5.69 Å². The second kappa shape index (κ2) is 6.15. The van der Waals surface area contributed by atoms with Crippen LogP contribution in [-0.2, 0) is 0 Å². The fraction of sp³-hybridized carbons (Fsp3) is 0.389. The molecule has 2 aromatic rings. The molecule has 0 aromatic heterocycles. The molecule has 1 atom stereocenters. The Labute approximate surface area is 126 Å². The van der Waals surface area contributed by atoms with Crippen LogP contribution in [0.1, 0.15) is 32.8 Å². The number of nitriles is 1. The second-order valence-corrected chi connectivity index (χ2v) is 6.62. The minimum atomic E-state index is -0.389. The lowest BCUT2D eigenvalue weighted by Crippen LogP contribution is -2.25. The van der Waals surface area contributed by atoms with Crippen molar-refractivity contribution < 1.29 is 5.11 Å². The van der Waals surface area contributed by atoms with Crippen LogP contribution in [0, 0.1) is 16.7 Å². The van der Waals surface area contributed by atoms with E-state index in [4.69, 9.17) is 5.26 Å². The van der Waals surface area contributed by atoms with Crippen LogP contribution in [0.25, 0.3) is 10.8 Å². The molecule has 2 aromatic carbocycles. The van der Waals surface area contributed by atoms with Gasteiger partial charge in [0.05, 0.1) is 17.7 Å². The lowest BCUT2D eigenvalue weighted by molar-refractivity contribution is 0.132. The van der Waals surface area contributed by atoms with E-state index in [0.717, 1.165) is 22.9 Å². The van der Waals surface area contributed by atoms with Gasteiger partial charge in [0.25, 0.3) is 0 Å². The van der Waals surface area contributed by atoms with Crippen molar-refractivity contribution >= 4 is 16.5 Å². The summed E-state index contributed by atoms with van der Waals surface area (Å²) in [5.74, 6) is 0. The maximum Gasteiger partial charge on any atom is 0.0998 e. The van der Waals surface area contributed by atoms with Gasteiger partial charge in [0.1, 0.15) is 0 Å². The van der Waals surface area contributed by atoms with E-state index in [1.165, 1.54) is 0 Å². The Hall–Kier alpha value is -2.05. The first-order chi connectivity index (χ1) is 9.90. The number of anilines is 1. The van der Waals surface area contributed by atoms with Crippen molar-refractivity contribution in [2.45, 2.75) is 33.3 Å². The fourth-order valence-electron chi connectivity index (χ4n) is 2.56. The van der Waals surface area contributed by atoms with Gasteiger partial charge in [-0.05, 0) is 24.0 Å². The topological polar surface area (TPSA) is 56.0 Å². The van der Waals surface area contributed by atoms with Crippen LogP contribution in [0.15, 0.2) is 36.4 Å². The highest BCUT2D eigenvalue weighted by Crippen LogP contribution is 2.27. The third kappa shape index (κ3) is 3.96. The monoisotopic (exact) mass is 282 g/mol. The second-order valence-electron chi connectivity index (χ2n) is 6.62. The van der Waals surface area contributed by atoms with Gasteiger partial charge in [-0.25, -0.2) is 0 Å². The minimum absolute atomic E-state index is 0.105. The van der Waals surface area contributed by atoms with Crippen LogP contribution in [-0.4, -0.2) is 17.8 Å². The number of rotatable bonds is 4. The highest BCUT2D eigenvalue weighted by Gasteiger charge is 2.16. The van der Waals surface area contributed by atoms with Gasteiger partial charge in [-0.2, -0.15) is 5.26 Å². The summed E-state index contributed by atoms with van der Waals surface area (Å²) >= 11 is 0. The molecule has 110 valence electrons. The van der Waals surface area contributed by atoms with Gasteiger partial charge in [-0.3, -0.25) is 0 Å². The van der Waals surface area contributed by atoms with E-state index in [1.54, 1.807) is 0 Å². The molecule has 2 rings (SSSR count). The van der Waals surface area contributed by atoms with Crippen molar-refractivity contribution in [2.75, 3.05) is 11.9 Å². The van der Waals surface area contributed by atoms with Gasteiger partial charge in [-0.1, -0.05) is 45.0 Å². The van der Waals surface area contributed by atoms with E-state index in [-0.39, 0.29) is 11.5 Å². The van der Waals surface area contributed by atoms with E-state index in [9.17, 15) is 5.11 Å². The first-order valence-electron chi connectivity index (χ1n) is 7.24. The summed E-state index contributed by atoms with van der Waals surface area (Å²) in [5.41, 5.74) is 1.73. The number of hydrogen-bond donors (Lipinski definition) is 2. The smallest absolute Gasteiger partial charge is 0.0998 e. The molecule has 0 spiro atoms. The number of nitrogens with one attached hydrogen (secondary N) is 1. The maximum atomic E-state index is 10.1. The minimum Gasteiger partial charge on any atom is -0.391 e. The van der Waals surface area contributed by atoms with Gasteiger partial charge < -0.3 is 10.4 Å². The predicted molar refractivity (Wildman–Crippen MR) is 87.2 cm³/mol. The zero-order valence-electron chi connectivity index (χ0n) is 12.9. The molecule has 0 aliphatic carbocycles. The highest BCUT2D eigenvalue weighted by atomic mass is 16.3. The zero-order chi connectivity index (χ0) is 15.5. The Kier molecular flexibility index (Phi) is 4.50. The zero-order valence-corrected chi connectivity index (χ0v) is 12.9. The molecule has 0 radical (unpaired) electrons. The molecule has 3 nitrogen and oxygen atoms in total. The average molecular weight is 282 g/mol. The first-order valence-corrected chi connectivity index (χ1v) is 7.24. The summed E-state index contributed by atoms with van der Waals surface area (Å²) in [4.78, 5) is 0.